The highest BCUT2D eigenvalue weighted by molar-refractivity contribution is 5.74. The molecule has 0 aromatic carbocycles. The van der Waals surface area contributed by atoms with Gasteiger partial charge in [-0.2, -0.15) is 0 Å². The number of carbonyl (C=O) groups excluding carboxylic acids is 1. The van der Waals surface area contributed by atoms with Gasteiger partial charge in [0.05, 0.1) is 6.10 Å². The molecule has 2 unspecified atom stereocenters. The van der Waals surface area contributed by atoms with Crippen molar-refractivity contribution in [2.75, 3.05) is 19.7 Å². The van der Waals surface area contributed by atoms with Crippen molar-refractivity contribution >= 4 is 12.0 Å². The number of nitrogens with zero attached hydrogens (tertiary/aromatic N) is 1. The maximum absolute atomic E-state index is 12.0. The molecule has 7 heteroatoms. The smallest absolute Gasteiger partial charge is 0.332 e. The predicted octanol–water partition coefficient (Wildman–Crippen LogP) is 0.421. The van der Waals surface area contributed by atoms with Crippen LogP contribution in [0.2, 0.25) is 0 Å². The molecule has 0 aliphatic carbocycles. The minimum Gasteiger partial charge on any atom is -0.479 e. The molecule has 1 rings (SSSR count). The van der Waals surface area contributed by atoms with Gasteiger partial charge < -0.3 is 25.2 Å². The molecule has 2 amide bonds. The molecule has 3 N–H and O–H groups in total. The first-order valence-electron chi connectivity index (χ1n) is 6.99. The number of hydrogen-bond donors (Lipinski definition) is 3. The molecular formula is C13H24N2O5. The highest BCUT2D eigenvalue weighted by Gasteiger charge is 2.30. The van der Waals surface area contributed by atoms with E-state index in [4.69, 9.17) is 14.9 Å². The zero-order chi connectivity index (χ0) is 15.1. The van der Waals surface area contributed by atoms with Crippen LogP contribution in [0.25, 0.3) is 0 Å². The third-order valence-electron chi connectivity index (χ3n) is 3.31. The van der Waals surface area contributed by atoms with Gasteiger partial charge in [-0.15, -0.1) is 0 Å². The van der Waals surface area contributed by atoms with E-state index in [9.17, 15) is 9.59 Å². The standard InChI is InChI=1S/C13H24N2O5/c1-9(2)15(6-3-7-16)13(19)14-8-10-4-5-11(20-10)12(17)18/h9-11,16H,3-8H2,1-2H3,(H,14,19)(H,17,18). The van der Waals surface area contributed by atoms with Crippen LogP contribution in [0.1, 0.15) is 33.1 Å². The monoisotopic (exact) mass is 288 g/mol. The Morgan fingerprint density at radius 2 is 2.10 bits per heavy atom. The Hall–Kier alpha value is -1.34. The molecule has 7 nitrogen and oxygen atoms in total. The van der Waals surface area contributed by atoms with E-state index in [2.05, 4.69) is 5.32 Å². The third kappa shape index (κ3) is 4.97. The number of carboxylic acids is 1. The molecule has 2 atom stereocenters. The molecule has 0 spiro atoms. The second kappa shape index (κ2) is 8.06. The van der Waals surface area contributed by atoms with Crippen LogP contribution < -0.4 is 5.32 Å². The Bertz CT molecular complexity index is 335. The fourth-order valence-corrected chi connectivity index (χ4v) is 2.18. The minimum absolute atomic E-state index is 0.0396. The number of aliphatic hydroxyl groups excluding tert-OH is 1. The average molecular weight is 288 g/mol. The fraction of sp³-hybridized carbons (Fsp3) is 0.846. The van der Waals surface area contributed by atoms with Gasteiger partial charge in [0, 0.05) is 25.7 Å². The van der Waals surface area contributed by atoms with Gasteiger partial charge in [0.1, 0.15) is 0 Å². The van der Waals surface area contributed by atoms with Gasteiger partial charge in [0.25, 0.3) is 0 Å². The van der Waals surface area contributed by atoms with E-state index in [0.717, 1.165) is 0 Å². The first-order valence-corrected chi connectivity index (χ1v) is 6.99. The quantitative estimate of drug-likeness (QED) is 0.630. The number of carbonyl (C=O) groups is 2. The molecule has 0 aromatic heterocycles. The van der Waals surface area contributed by atoms with Crippen molar-refractivity contribution < 1.29 is 24.5 Å². The Kier molecular flexibility index (Phi) is 6.74. The summed E-state index contributed by atoms with van der Waals surface area (Å²) in [5.41, 5.74) is 0. The minimum atomic E-state index is -0.953. The van der Waals surface area contributed by atoms with Crippen molar-refractivity contribution in [2.45, 2.75) is 51.4 Å². The predicted molar refractivity (Wildman–Crippen MR) is 72.5 cm³/mol. The van der Waals surface area contributed by atoms with Gasteiger partial charge in [0.15, 0.2) is 6.10 Å². The molecule has 0 bridgehead atoms. The number of hydrogen-bond acceptors (Lipinski definition) is 4. The van der Waals surface area contributed by atoms with Crippen molar-refractivity contribution in [3.05, 3.63) is 0 Å². The lowest BCUT2D eigenvalue weighted by atomic mass is 10.2. The van der Waals surface area contributed by atoms with Crippen LogP contribution in [0.4, 0.5) is 4.79 Å². The van der Waals surface area contributed by atoms with Crippen molar-refractivity contribution in [1.29, 1.82) is 0 Å². The first kappa shape index (κ1) is 16.7. The second-order valence-corrected chi connectivity index (χ2v) is 5.21. The van der Waals surface area contributed by atoms with Crippen LogP contribution in [-0.2, 0) is 9.53 Å². The molecule has 20 heavy (non-hydrogen) atoms. The zero-order valence-electron chi connectivity index (χ0n) is 12.0. The lowest BCUT2D eigenvalue weighted by Crippen LogP contribution is -2.46. The molecule has 0 aromatic rings. The lowest BCUT2D eigenvalue weighted by Gasteiger charge is -2.27. The van der Waals surface area contributed by atoms with E-state index in [1.165, 1.54) is 0 Å². The van der Waals surface area contributed by atoms with Crippen molar-refractivity contribution in [3.63, 3.8) is 0 Å². The highest BCUT2D eigenvalue weighted by Crippen LogP contribution is 2.19. The molecule has 116 valence electrons. The van der Waals surface area contributed by atoms with Crippen LogP contribution in [0.3, 0.4) is 0 Å². The molecule has 1 fully saturated rings. The summed E-state index contributed by atoms with van der Waals surface area (Å²) >= 11 is 0. The summed E-state index contributed by atoms with van der Waals surface area (Å²) in [5.74, 6) is -0.953. The molecular weight excluding hydrogens is 264 g/mol. The molecule has 0 radical (unpaired) electrons. The highest BCUT2D eigenvalue weighted by atomic mass is 16.5. The summed E-state index contributed by atoms with van der Waals surface area (Å²) in [6.07, 6.45) is 0.649. The number of carboxylic acid groups (broad SMARTS) is 1. The topological polar surface area (TPSA) is 99.1 Å². The SMILES string of the molecule is CC(C)N(CCCO)C(=O)NCC1CCC(C(=O)O)O1. The van der Waals surface area contributed by atoms with Gasteiger partial charge in [-0.25, -0.2) is 9.59 Å². The van der Waals surface area contributed by atoms with Gasteiger partial charge in [-0.1, -0.05) is 0 Å². The summed E-state index contributed by atoms with van der Waals surface area (Å²) in [4.78, 5) is 24.4. The van der Waals surface area contributed by atoms with Crippen LogP contribution in [-0.4, -0.2) is 65.1 Å². The summed E-state index contributed by atoms with van der Waals surface area (Å²) < 4.78 is 5.32. The van der Waals surface area contributed by atoms with Crippen LogP contribution in [0, 0.1) is 0 Å². The Morgan fingerprint density at radius 3 is 2.60 bits per heavy atom. The van der Waals surface area contributed by atoms with Gasteiger partial charge in [-0.05, 0) is 33.1 Å². The largest absolute Gasteiger partial charge is 0.479 e. The number of aliphatic carboxylic acids is 1. The summed E-state index contributed by atoms with van der Waals surface area (Å²) in [6, 6.07) is -0.173. The number of urea groups is 1. The number of rotatable bonds is 7. The number of amides is 2. The molecule has 1 heterocycles. The van der Waals surface area contributed by atoms with Crippen molar-refractivity contribution in [1.82, 2.24) is 10.2 Å². The molecule has 1 aliphatic rings. The number of ether oxygens (including phenoxy) is 1. The lowest BCUT2D eigenvalue weighted by molar-refractivity contribution is -0.149. The van der Waals surface area contributed by atoms with Crippen LogP contribution in [0.5, 0.6) is 0 Å². The van der Waals surface area contributed by atoms with E-state index >= 15 is 0 Å². The Labute approximate surface area is 118 Å². The Balaban J connectivity index is 2.36. The van der Waals surface area contributed by atoms with E-state index in [-0.39, 0.29) is 24.8 Å². The molecule has 1 saturated heterocycles. The maximum atomic E-state index is 12.0. The third-order valence-corrected chi connectivity index (χ3v) is 3.31. The van der Waals surface area contributed by atoms with E-state index in [0.29, 0.717) is 32.4 Å². The van der Waals surface area contributed by atoms with Gasteiger partial charge >= 0.3 is 12.0 Å². The number of nitrogens with one attached hydrogen (secondary N) is 1. The van der Waals surface area contributed by atoms with E-state index in [1.807, 2.05) is 13.8 Å². The average Bonchev–Trinajstić information content (AvgIpc) is 2.85. The maximum Gasteiger partial charge on any atom is 0.332 e. The normalized spacial score (nSPS) is 22.0. The summed E-state index contributed by atoms with van der Waals surface area (Å²) in [5, 5.41) is 20.4. The van der Waals surface area contributed by atoms with Crippen molar-refractivity contribution in [3.8, 4) is 0 Å². The van der Waals surface area contributed by atoms with Gasteiger partial charge in [-0.3, -0.25) is 0 Å². The zero-order valence-corrected chi connectivity index (χ0v) is 12.0. The van der Waals surface area contributed by atoms with E-state index < -0.39 is 12.1 Å². The van der Waals surface area contributed by atoms with E-state index in [1.54, 1.807) is 4.90 Å². The first-order chi connectivity index (χ1) is 9.45. The fourth-order valence-electron chi connectivity index (χ4n) is 2.18. The molecule has 1 aliphatic heterocycles. The second-order valence-electron chi connectivity index (χ2n) is 5.21. The van der Waals surface area contributed by atoms with Gasteiger partial charge in [0.2, 0.25) is 0 Å². The number of aliphatic hydroxyl groups is 1. The van der Waals surface area contributed by atoms with Crippen molar-refractivity contribution in [2.24, 2.45) is 0 Å². The molecule has 0 saturated carbocycles. The summed E-state index contributed by atoms with van der Waals surface area (Å²) in [7, 11) is 0. The summed E-state index contributed by atoms with van der Waals surface area (Å²) in [6.45, 7) is 4.66. The Morgan fingerprint density at radius 1 is 1.40 bits per heavy atom. The van der Waals surface area contributed by atoms with Crippen LogP contribution >= 0.6 is 0 Å². The van der Waals surface area contributed by atoms with Crippen LogP contribution in [0.15, 0.2) is 0 Å².